The normalized spacial score (nSPS) is 10.6. The molecule has 0 bridgehead atoms. The molecule has 0 aliphatic heterocycles. The molecule has 0 radical (unpaired) electrons. The van der Waals surface area contributed by atoms with Gasteiger partial charge in [0.15, 0.2) is 0 Å². The summed E-state index contributed by atoms with van der Waals surface area (Å²) in [5.41, 5.74) is 1.29. The van der Waals surface area contributed by atoms with Gasteiger partial charge in [0.1, 0.15) is 0 Å². The first-order chi connectivity index (χ1) is 6.33. The first kappa shape index (κ1) is 9.78. The summed E-state index contributed by atoms with van der Waals surface area (Å²) in [4.78, 5) is 0. The Bertz CT molecular complexity index is 254. The zero-order chi connectivity index (χ0) is 9.52. The second kappa shape index (κ2) is 5.36. The van der Waals surface area contributed by atoms with Crippen LogP contribution in [-0.4, -0.2) is 18.3 Å². The molecule has 0 aliphatic carbocycles. The second-order valence-electron chi connectivity index (χ2n) is 3.01. The van der Waals surface area contributed by atoms with Crippen molar-refractivity contribution >= 4 is 6.21 Å². The van der Waals surface area contributed by atoms with Crippen molar-refractivity contribution in [3.8, 4) is 0 Å². The fourth-order valence-corrected chi connectivity index (χ4v) is 1.11. The van der Waals surface area contributed by atoms with E-state index in [4.69, 9.17) is 0 Å². The van der Waals surface area contributed by atoms with Crippen LogP contribution >= 0.6 is 0 Å². The van der Waals surface area contributed by atoms with Crippen molar-refractivity contribution in [2.75, 3.05) is 7.05 Å². The van der Waals surface area contributed by atoms with Crippen LogP contribution in [0.15, 0.2) is 35.4 Å². The minimum Gasteiger partial charge on any atom is -0.296 e. The zero-order valence-electron chi connectivity index (χ0n) is 8.27. The van der Waals surface area contributed by atoms with Crippen LogP contribution in [0.5, 0.6) is 0 Å². The van der Waals surface area contributed by atoms with Crippen LogP contribution < -0.4 is 0 Å². The molecule has 0 heterocycles. The standard InChI is InChI=1S/C11H16N2/c1-3-9-12-13(2)10-11-7-5-4-6-8-11/h4-9H,3,10H2,1-2H3/b12-9-. The van der Waals surface area contributed by atoms with Crippen molar-refractivity contribution in [2.45, 2.75) is 19.9 Å². The lowest BCUT2D eigenvalue weighted by Crippen LogP contribution is -2.10. The summed E-state index contributed by atoms with van der Waals surface area (Å²) < 4.78 is 0. The highest BCUT2D eigenvalue weighted by Gasteiger charge is 1.93. The maximum atomic E-state index is 4.25. The van der Waals surface area contributed by atoms with Crippen molar-refractivity contribution in [2.24, 2.45) is 5.10 Å². The number of hydrogen-bond donors (Lipinski definition) is 0. The van der Waals surface area contributed by atoms with Crippen molar-refractivity contribution < 1.29 is 0 Å². The van der Waals surface area contributed by atoms with E-state index in [9.17, 15) is 0 Å². The molecule has 0 aromatic heterocycles. The van der Waals surface area contributed by atoms with Gasteiger partial charge in [-0.25, -0.2) is 0 Å². The number of hydrogen-bond acceptors (Lipinski definition) is 2. The molecule has 13 heavy (non-hydrogen) atoms. The van der Waals surface area contributed by atoms with Crippen LogP contribution in [-0.2, 0) is 6.54 Å². The molecule has 0 amide bonds. The summed E-state index contributed by atoms with van der Waals surface area (Å²) in [5, 5.41) is 6.19. The van der Waals surface area contributed by atoms with Gasteiger partial charge in [0.05, 0.1) is 6.54 Å². The Balaban J connectivity index is 2.45. The van der Waals surface area contributed by atoms with Crippen molar-refractivity contribution in [3.63, 3.8) is 0 Å². The van der Waals surface area contributed by atoms with Gasteiger partial charge in [-0.05, 0) is 12.0 Å². The molecule has 0 atom stereocenters. The van der Waals surface area contributed by atoms with Gasteiger partial charge < -0.3 is 0 Å². The lowest BCUT2D eigenvalue weighted by molar-refractivity contribution is 0.348. The monoisotopic (exact) mass is 176 g/mol. The molecular weight excluding hydrogens is 160 g/mol. The van der Waals surface area contributed by atoms with Crippen molar-refractivity contribution in [1.82, 2.24) is 5.01 Å². The largest absolute Gasteiger partial charge is 0.296 e. The Morgan fingerprint density at radius 2 is 2.00 bits per heavy atom. The Hall–Kier alpha value is -1.31. The first-order valence-electron chi connectivity index (χ1n) is 4.60. The van der Waals surface area contributed by atoms with Crippen molar-refractivity contribution in [1.29, 1.82) is 0 Å². The number of hydrazone groups is 1. The molecule has 2 heteroatoms. The quantitative estimate of drug-likeness (QED) is 0.508. The summed E-state index contributed by atoms with van der Waals surface area (Å²) >= 11 is 0. The van der Waals surface area contributed by atoms with E-state index in [1.54, 1.807) is 0 Å². The third kappa shape index (κ3) is 3.74. The minimum atomic E-state index is 0.872. The van der Waals surface area contributed by atoms with E-state index in [1.165, 1.54) is 5.56 Å². The topological polar surface area (TPSA) is 15.6 Å². The highest BCUT2D eigenvalue weighted by molar-refractivity contribution is 5.55. The van der Waals surface area contributed by atoms with E-state index >= 15 is 0 Å². The predicted molar refractivity (Wildman–Crippen MR) is 56.7 cm³/mol. The molecular formula is C11H16N2. The van der Waals surface area contributed by atoms with Gasteiger partial charge >= 0.3 is 0 Å². The number of benzene rings is 1. The highest BCUT2D eigenvalue weighted by atomic mass is 15.4. The van der Waals surface area contributed by atoms with Crippen LogP contribution in [0.3, 0.4) is 0 Å². The van der Waals surface area contributed by atoms with Gasteiger partial charge in [0.2, 0.25) is 0 Å². The van der Waals surface area contributed by atoms with Crippen LogP contribution in [0.4, 0.5) is 0 Å². The molecule has 70 valence electrons. The van der Waals surface area contributed by atoms with Gasteiger partial charge in [0, 0.05) is 13.3 Å². The molecule has 0 unspecified atom stereocenters. The lowest BCUT2D eigenvalue weighted by atomic mass is 10.2. The molecule has 2 nitrogen and oxygen atoms in total. The predicted octanol–water partition coefficient (Wildman–Crippen LogP) is 2.51. The average Bonchev–Trinajstić information content (AvgIpc) is 2.16. The Morgan fingerprint density at radius 1 is 1.31 bits per heavy atom. The highest BCUT2D eigenvalue weighted by Crippen LogP contribution is 2.01. The summed E-state index contributed by atoms with van der Waals surface area (Å²) in [6, 6.07) is 10.3. The average molecular weight is 176 g/mol. The van der Waals surface area contributed by atoms with Gasteiger partial charge in [-0.15, -0.1) is 0 Å². The van der Waals surface area contributed by atoms with E-state index in [-0.39, 0.29) is 0 Å². The van der Waals surface area contributed by atoms with E-state index < -0.39 is 0 Å². The van der Waals surface area contributed by atoms with Crippen LogP contribution in [0.25, 0.3) is 0 Å². The second-order valence-corrected chi connectivity index (χ2v) is 3.01. The summed E-state index contributed by atoms with van der Waals surface area (Å²) in [6.45, 7) is 2.96. The van der Waals surface area contributed by atoms with E-state index in [0.29, 0.717) is 0 Å². The van der Waals surface area contributed by atoms with E-state index in [2.05, 4.69) is 24.2 Å². The van der Waals surface area contributed by atoms with Crippen molar-refractivity contribution in [3.05, 3.63) is 35.9 Å². The fraction of sp³-hybridized carbons (Fsp3) is 0.364. The summed E-state index contributed by atoms with van der Waals surface area (Å²) in [7, 11) is 1.99. The van der Waals surface area contributed by atoms with Gasteiger partial charge in [-0.2, -0.15) is 5.10 Å². The van der Waals surface area contributed by atoms with Gasteiger partial charge in [-0.3, -0.25) is 5.01 Å². The fourth-order valence-electron chi connectivity index (χ4n) is 1.11. The molecule has 0 aliphatic rings. The SMILES string of the molecule is CC/C=N\N(C)Cc1ccccc1. The van der Waals surface area contributed by atoms with E-state index in [1.807, 2.05) is 36.5 Å². The third-order valence-corrected chi connectivity index (χ3v) is 1.72. The minimum absolute atomic E-state index is 0.872. The lowest BCUT2D eigenvalue weighted by Gasteiger charge is -2.12. The molecule has 0 fully saturated rings. The Kier molecular flexibility index (Phi) is 4.03. The van der Waals surface area contributed by atoms with Crippen LogP contribution in [0, 0.1) is 0 Å². The maximum absolute atomic E-state index is 4.25. The van der Waals surface area contributed by atoms with Gasteiger partial charge in [0.25, 0.3) is 0 Å². The summed E-state index contributed by atoms with van der Waals surface area (Å²) in [5.74, 6) is 0. The molecule has 0 saturated carbocycles. The molecule has 1 aromatic rings. The Labute approximate surface area is 79.9 Å². The smallest absolute Gasteiger partial charge is 0.0607 e. The van der Waals surface area contributed by atoms with Crippen LogP contribution in [0.1, 0.15) is 18.9 Å². The third-order valence-electron chi connectivity index (χ3n) is 1.72. The first-order valence-corrected chi connectivity index (χ1v) is 4.60. The van der Waals surface area contributed by atoms with Gasteiger partial charge in [-0.1, -0.05) is 37.3 Å². The molecule has 0 saturated heterocycles. The molecule has 1 aromatic carbocycles. The van der Waals surface area contributed by atoms with Crippen LogP contribution in [0.2, 0.25) is 0 Å². The molecule has 1 rings (SSSR count). The number of rotatable bonds is 4. The maximum Gasteiger partial charge on any atom is 0.0607 e. The zero-order valence-corrected chi connectivity index (χ0v) is 8.27. The molecule has 0 N–H and O–H groups in total. The summed E-state index contributed by atoms with van der Waals surface area (Å²) in [6.07, 6.45) is 2.90. The Morgan fingerprint density at radius 3 is 2.62 bits per heavy atom. The molecule has 0 spiro atoms. The van der Waals surface area contributed by atoms with E-state index in [0.717, 1.165) is 13.0 Å². The number of nitrogens with zero attached hydrogens (tertiary/aromatic N) is 2.